The van der Waals surface area contributed by atoms with E-state index in [1.807, 2.05) is 11.4 Å². The van der Waals surface area contributed by atoms with Gasteiger partial charge in [0.15, 0.2) is 0 Å². The molecule has 0 radical (unpaired) electrons. The summed E-state index contributed by atoms with van der Waals surface area (Å²) in [5.74, 6) is -0.0569. The van der Waals surface area contributed by atoms with Crippen LogP contribution < -0.4 is 14.8 Å². The van der Waals surface area contributed by atoms with E-state index >= 15 is 0 Å². The predicted molar refractivity (Wildman–Crippen MR) is 102 cm³/mol. The SMILES string of the molecule is COc1ccc(Cl)cc1C(=O)Oc1ccc(NC(=O)c2cccs2)cc1. The maximum absolute atomic E-state index is 12.3. The molecule has 0 atom stereocenters. The van der Waals surface area contributed by atoms with Crippen LogP contribution in [0.2, 0.25) is 5.02 Å². The highest BCUT2D eigenvalue weighted by molar-refractivity contribution is 7.12. The largest absolute Gasteiger partial charge is 0.496 e. The van der Waals surface area contributed by atoms with Gasteiger partial charge in [0.2, 0.25) is 0 Å². The smallest absolute Gasteiger partial charge is 0.347 e. The van der Waals surface area contributed by atoms with Gasteiger partial charge in [-0.25, -0.2) is 4.79 Å². The molecule has 3 aromatic rings. The second-order valence-electron chi connectivity index (χ2n) is 5.19. The Kier molecular flexibility index (Phi) is 5.55. The third-order valence-corrected chi connectivity index (χ3v) is 4.55. The van der Waals surface area contributed by atoms with Gasteiger partial charge in [-0.3, -0.25) is 4.79 Å². The number of amides is 1. The van der Waals surface area contributed by atoms with Crippen LogP contribution in [0.4, 0.5) is 5.69 Å². The number of anilines is 1. The predicted octanol–water partition coefficient (Wildman–Crippen LogP) is 4.88. The Hall–Kier alpha value is -2.83. The van der Waals surface area contributed by atoms with Gasteiger partial charge in [-0.15, -0.1) is 11.3 Å². The number of halogens is 1. The number of nitrogens with one attached hydrogen (secondary N) is 1. The molecule has 5 nitrogen and oxygen atoms in total. The van der Waals surface area contributed by atoms with Crippen LogP contribution in [-0.2, 0) is 0 Å². The maximum atomic E-state index is 12.3. The van der Waals surface area contributed by atoms with Crippen LogP contribution in [0.25, 0.3) is 0 Å². The highest BCUT2D eigenvalue weighted by Crippen LogP contribution is 2.25. The first-order valence-corrected chi connectivity index (χ1v) is 8.83. The van der Waals surface area contributed by atoms with Gasteiger partial charge in [-0.1, -0.05) is 17.7 Å². The van der Waals surface area contributed by atoms with E-state index in [1.54, 1.807) is 42.5 Å². The molecule has 0 saturated heterocycles. The number of ether oxygens (including phenoxy) is 2. The molecular weight excluding hydrogens is 374 g/mol. The van der Waals surface area contributed by atoms with Gasteiger partial charge in [0.1, 0.15) is 17.1 Å². The molecule has 26 heavy (non-hydrogen) atoms. The third kappa shape index (κ3) is 4.22. The molecule has 0 bridgehead atoms. The number of methoxy groups -OCH3 is 1. The summed E-state index contributed by atoms with van der Waals surface area (Å²) >= 11 is 7.29. The van der Waals surface area contributed by atoms with E-state index in [1.165, 1.54) is 24.5 Å². The molecule has 7 heteroatoms. The van der Waals surface area contributed by atoms with Crippen molar-refractivity contribution in [1.29, 1.82) is 0 Å². The minimum Gasteiger partial charge on any atom is -0.496 e. The number of thiophene rings is 1. The van der Waals surface area contributed by atoms with Crippen LogP contribution in [0.3, 0.4) is 0 Å². The first-order chi connectivity index (χ1) is 12.6. The molecule has 3 rings (SSSR count). The summed E-state index contributed by atoms with van der Waals surface area (Å²) in [6.07, 6.45) is 0. The zero-order valence-corrected chi connectivity index (χ0v) is 15.3. The van der Waals surface area contributed by atoms with Crippen molar-refractivity contribution < 1.29 is 19.1 Å². The van der Waals surface area contributed by atoms with Crippen LogP contribution >= 0.6 is 22.9 Å². The number of esters is 1. The highest BCUT2D eigenvalue weighted by Gasteiger charge is 2.15. The fraction of sp³-hybridized carbons (Fsp3) is 0.0526. The molecule has 1 N–H and O–H groups in total. The van der Waals surface area contributed by atoms with Crippen LogP contribution in [0.5, 0.6) is 11.5 Å². The lowest BCUT2D eigenvalue weighted by molar-refractivity contribution is 0.0731. The number of benzene rings is 2. The van der Waals surface area contributed by atoms with E-state index in [-0.39, 0.29) is 11.5 Å². The Morgan fingerprint density at radius 2 is 1.85 bits per heavy atom. The molecule has 0 saturated carbocycles. The quantitative estimate of drug-likeness (QED) is 0.500. The lowest BCUT2D eigenvalue weighted by Gasteiger charge is -2.09. The average Bonchev–Trinajstić information content (AvgIpc) is 3.18. The molecule has 0 fully saturated rings. The molecular formula is C19H14ClNO4S. The van der Waals surface area contributed by atoms with Gasteiger partial charge in [-0.05, 0) is 53.9 Å². The van der Waals surface area contributed by atoms with Gasteiger partial charge >= 0.3 is 5.97 Å². The summed E-state index contributed by atoms with van der Waals surface area (Å²) in [5.41, 5.74) is 0.832. The lowest BCUT2D eigenvalue weighted by atomic mass is 10.2. The van der Waals surface area contributed by atoms with E-state index in [9.17, 15) is 9.59 Å². The molecule has 0 aliphatic carbocycles. The third-order valence-electron chi connectivity index (χ3n) is 3.45. The molecule has 1 amide bonds. The first-order valence-electron chi connectivity index (χ1n) is 7.57. The molecule has 1 heterocycles. The summed E-state index contributed by atoms with van der Waals surface area (Å²) in [6, 6.07) is 14.8. The van der Waals surface area contributed by atoms with Crippen LogP contribution in [0, 0.1) is 0 Å². The topological polar surface area (TPSA) is 64.6 Å². The lowest BCUT2D eigenvalue weighted by Crippen LogP contribution is -2.11. The molecule has 0 aliphatic rings. The second-order valence-corrected chi connectivity index (χ2v) is 6.57. The summed E-state index contributed by atoms with van der Waals surface area (Å²) in [4.78, 5) is 25.0. The van der Waals surface area contributed by atoms with Crippen molar-refractivity contribution in [3.8, 4) is 11.5 Å². The van der Waals surface area contributed by atoms with Crippen molar-refractivity contribution in [2.24, 2.45) is 0 Å². The molecule has 0 aliphatic heterocycles. The van der Waals surface area contributed by atoms with Gasteiger partial charge in [-0.2, -0.15) is 0 Å². The Balaban J connectivity index is 1.68. The van der Waals surface area contributed by atoms with Crippen LogP contribution in [0.1, 0.15) is 20.0 Å². The summed E-state index contributed by atoms with van der Waals surface area (Å²) in [5, 5.41) is 5.02. The van der Waals surface area contributed by atoms with Crippen LogP contribution in [-0.4, -0.2) is 19.0 Å². The number of hydrogen-bond acceptors (Lipinski definition) is 5. The zero-order valence-electron chi connectivity index (χ0n) is 13.7. The highest BCUT2D eigenvalue weighted by atomic mass is 35.5. The van der Waals surface area contributed by atoms with Crippen molar-refractivity contribution >= 4 is 40.5 Å². The minimum atomic E-state index is -0.584. The minimum absolute atomic E-state index is 0.187. The van der Waals surface area contributed by atoms with Crippen molar-refractivity contribution in [2.45, 2.75) is 0 Å². The monoisotopic (exact) mass is 387 g/mol. The van der Waals surface area contributed by atoms with E-state index in [0.29, 0.717) is 27.1 Å². The molecule has 132 valence electrons. The second kappa shape index (κ2) is 8.03. The fourth-order valence-corrected chi connectivity index (χ4v) is 3.00. The van der Waals surface area contributed by atoms with E-state index in [0.717, 1.165) is 0 Å². The van der Waals surface area contributed by atoms with Gasteiger partial charge in [0, 0.05) is 10.7 Å². The summed E-state index contributed by atoms with van der Waals surface area (Å²) in [6.45, 7) is 0. The van der Waals surface area contributed by atoms with Gasteiger partial charge in [0.05, 0.1) is 12.0 Å². The number of carbonyl (C=O) groups is 2. The Morgan fingerprint density at radius 3 is 2.50 bits per heavy atom. The fourth-order valence-electron chi connectivity index (χ4n) is 2.21. The first kappa shape index (κ1) is 18.0. The Bertz CT molecular complexity index is 923. The Morgan fingerprint density at radius 1 is 1.08 bits per heavy atom. The van der Waals surface area contributed by atoms with Crippen molar-refractivity contribution in [3.05, 3.63) is 75.4 Å². The zero-order chi connectivity index (χ0) is 18.5. The van der Waals surface area contributed by atoms with Crippen molar-refractivity contribution in [1.82, 2.24) is 0 Å². The Labute approximate surface area is 159 Å². The number of hydrogen-bond donors (Lipinski definition) is 1. The number of carbonyl (C=O) groups excluding carboxylic acids is 2. The summed E-state index contributed by atoms with van der Waals surface area (Å²) in [7, 11) is 1.46. The standard InChI is InChI=1S/C19H14ClNO4S/c1-24-16-9-4-12(20)11-15(16)19(23)25-14-7-5-13(6-8-14)21-18(22)17-3-2-10-26-17/h2-11H,1H3,(H,21,22). The van der Waals surface area contributed by atoms with Crippen molar-refractivity contribution in [3.63, 3.8) is 0 Å². The van der Waals surface area contributed by atoms with Gasteiger partial charge < -0.3 is 14.8 Å². The molecule has 0 spiro atoms. The normalized spacial score (nSPS) is 10.2. The van der Waals surface area contributed by atoms with Crippen molar-refractivity contribution in [2.75, 3.05) is 12.4 Å². The molecule has 0 unspecified atom stereocenters. The van der Waals surface area contributed by atoms with Gasteiger partial charge in [0.25, 0.3) is 5.91 Å². The van der Waals surface area contributed by atoms with E-state index < -0.39 is 5.97 Å². The maximum Gasteiger partial charge on any atom is 0.347 e. The average molecular weight is 388 g/mol. The molecule has 1 aromatic heterocycles. The molecule has 2 aromatic carbocycles. The van der Waals surface area contributed by atoms with Crippen LogP contribution in [0.15, 0.2) is 60.0 Å². The summed E-state index contributed by atoms with van der Waals surface area (Å²) < 4.78 is 10.5. The van der Waals surface area contributed by atoms with E-state index in [2.05, 4.69) is 5.32 Å². The number of rotatable bonds is 5. The van der Waals surface area contributed by atoms with E-state index in [4.69, 9.17) is 21.1 Å².